The molecule has 1 fully saturated rings. The van der Waals surface area contributed by atoms with Gasteiger partial charge in [0, 0.05) is 20.3 Å². The lowest BCUT2D eigenvalue weighted by atomic mass is 9.95. The Bertz CT molecular complexity index is 266. The zero-order valence-corrected chi connectivity index (χ0v) is 11.8. The van der Waals surface area contributed by atoms with Gasteiger partial charge in [0.25, 0.3) is 0 Å². The van der Waals surface area contributed by atoms with Gasteiger partial charge in [0.05, 0.1) is 18.8 Å². The summed E-state index contributed by atoms with van der Waals surface area (Å²) in [4.78, 5) is 12.1. The molecule has 1 aliphatic heterocycles. The van der Waals surface area contributed by atoms with Gasteiger partial charge in [-0.1, -0.05) is 0 Å². The van der Waals surface area contributed by atoms with Crippen LogP contribution in [0.1, 0.15) is 33.6 Å². The highest BCUT2D eigenvalue weighted by atomic mass is 16.5. The van der Waals surface area contributed by atoms with Crippen LogP contribution in [0.3, 0.4) is 0 Å². The molecule has 0 aromatic heterocycles. The minimum Gasteiger partial charge on any atom is -0.465 e. The molecule has 0 bridgehead atoms. The normalized spacial score (nSPS) is 24.6. The second kappa shape index (κ2) is 7.07. The smallest absolute Gasteiger partial charge is 0.328 e. The van der Waals surface area contributed by atoms with Gasteiger partial charge in [-0.3, -0.25) is 5.32 Å². The summed E-state index contributed by atoms with van der Waals surface area (Å²) in [6, 6.07) is 0. The summed E-state index contributed by atoms with van der Waals surface area (Å²) in [7, 11) is 1.59. The number of ether oxygens (including phenoxy) is 3. The second-order valence-electron chi connectivity index (χ2n) is 4.82. The first kappa shape index (κ1) is 15.4. The van der Waals surface area contributed by atoms with Crippen LogP contribution < -0.4 is 5.32 Å². The Morgan fingerprint density at radius 3 is 2.83 bits per heavy atom. The Kier molecular flexibility index (Phi) is 6.05. The van der Waals surface area contributed by atoms with E-state index in [0.29, 0.717) is 13.2 Å². The Balaban J connectivity index is 2.61. The van der Waals surface area contributed by atoms with Crippen molar-refractivity contribution in [1.82, 2.24) is 5.32 Å². The van der Waals surface area contributed by atoms with Crippen LogP contribution in [0.5, 0.6) is 0 Å². The average Bonchev–Trinajstić information content (AvgIpc) is 2.88. The van der Waals surface area contributed by atoms with Crippen molar-refractivity contribution >= 4 is 5.97 Å². The van der Waals surface area contributed by atoms with E-state index in [9.17, 15) is 4.79 Å². The number of carbonyl (C=O) groups is 1. The maximum Gasteiger partial charge on any atom is 0.328 e. The molecule has 1 N–H and O–H groups in total. The van der Waals surface area contributed by atoms with Crippen molar-refractivity contribution < 1.29 is 19.0 Å². The number of methoxy groups -OCH3 is 1. The summed E-state index contributed by atoms with van der Waals surface area (Å²) < 4.78 is 16.0. The summed E-state index contributed by atoms with van der Waals surface area (Å²) >= 11 is 0. The van der Waals surface area contributed by atoms with Crippen molar-refractivity contribution in [3.8, 4) is 0 Å². The molecule has 18 heavy (non-hydrogen) atoms. The van der Waals surface area contributed by atoms with E-state index in [4.69, 9.17) is 14.2 Å². The molecule has 106 valence electrons. The van der Waals surface area contributed by atoms with Gasteiger partial charge >= 0.3 is 5.97 Å². The lowest BCUT2D eigenvalue weighted by molar-refractivity contribution is -0.156. The van der Waals surface area contributed by atoms with Gasteiger partial charge in [0.1, 0.15) is 5.54 Å². The fourth-order valence-corrected chi connectivity index (χ4v) is 2.03. The molecular weight excluding hydrogens is 234 g/mol. The largest absolute Gasteiger partial charge is 0.465 e. The van der Waals surface area contributed by atoms with Gasteiger partial charge in [-0.2, -0.15) is 0 Å². The number of hydrogen-bond acceptors (Lipinski definition) is 5. The van der Waals surface area contributed by atoms with E-state index in [1.54, 1.807) is 14.0 Å². The van der Waals surface area contributed by atoms with E-state index >= 15 is 0 Å². The summed E-state index contributed by atoms with van der Waals surface area (Å²) in [5.41, 5.74) is -0.837. The molecule has 3 atom stereocenters. The van der Waals surface area contributed by atoms with E-state index in [2.05, 4.69) is 5.32 Å². The highest BCUT2D eigenvalue weighted by Gasteiger charge is 2.41. The van der Waals surface area contributed by atoms with Crippen LogP contribution in [-0.4, -0.2) is 50.6 Å². The Labute approximate surface area is 109 Å². The molecule has 1 heterocycles. The summed E-state index contributed by atoms with van der Waals surface area (Å²) in [5.74, 6) is -0.280. The van der Waals surface area contributed by atoms with Crippen LogP contribution >= 0.6 is 0 Å². The third kappa shape index (κ3) is 3.67. The van der Waals surface area contributed by atoms with Crippen molar-refractivity contribution in [2.45, 2.75) is 51.4 Å². The van der Waals surface area contributed by atoms with Gasteiger partial charge in [0.15, 0.2) is 0 Å². The first-order valence-corrected chi connectivity index (χ1v) is 6.61. The average molecular weight is 259 g/mol. The minimum absolute atomic E-state index is 0.183. The first-order valence-electron chi connectivity index (χ1n) is 6.61. The zero-order chi connectivity index (χ0) is 13.6. The number of nitrogens with one attached hydrogen (secondary N) is 1. The van der Waals surface area contributed by atoms with E-state index in [-0.39, 0.29) is 18.2 Å². The molecule has 0 aromatic carbocycles. The molecule has 1 aliphatic rings. The number of carbonyl (C=O) groups excluding carboxylic acids is 1. The van der Waals surface area contributed by atoms with E-state index < -0.39 is 5.54 Å². The van der Waals surface area contributed by atoms with Gasteiger partial charge in [0.2, 0.25) is 0 Å². The molecule has 1 saturated heterocycles. The first-order chi connectivity index (χ1) is 8.54. The van der Waals surface area contributed by atoms with Gasteiger partial charge in [-0.15, -0.1) is 0 Å². The van der Waals surface area contributed by atoms with E-state index in [1.165, 1.54) is 0 Å². The minimum atomic E-state index is -0.837. The predicted octanol–water partition coefficient (Wildman–Crippen LogP) is 1.11. The maximum absolute atomic E-state index is 12.1. The number of rotatable bonds is 7. The molecule has 0 aliphatic carbocycles. The molecule has 0 spiro atoms. The monoisotopic (exact) mass is 259 g/mol. The molecule has 3 unspecified atom stereocenters. The molecule has 0 amide bonds. The van der Waals surface area contributed by atoms with Crippen molar-refractivity contribution in [3.05, 3.63) is 0 Å². The Morgan fingerprint density at radius 2 is 2.33 bits per heavy atom. The predicted molar refractivity (Wildman–Crippen MR) is 68.5 cm³/mol. The van der Waals surface area contributed by atoms with Crippen molar-refractivity contribution in [3.63, 3.8) is 0 Å². The van der Waals surface area contributed by atoms with Crippen LogP contribution in [-0.2, 0) is 19.0 Å². The highest BCUT2D eigenvalue weighted by molar-refractivity contribution is 5.81. The topological polar surface area (TPSA) is 56.8 Å². The van der Waals surface area contributed by atoms with Gasteiger partial charge in [-0.25, -0.2) is 4.79 Å². The lowest BCUT2D eigenvalue weighted by Gasteiger charge is -2.34. The van der Waals surface area contributed by atoms with Crippen LogP contribution in [0.25, 0.3) is 0 Å². The number of esters is 1. The molecule has 1 rings (SSSR count). The lowest BCUT2D eigenvalue weighted by Crippen LogP contribution is -2.59. The van der Waals surface area contributed by atoms with Gasteiger partial charge in [-0.05, 0) is 33.6 Å². The molecule has 5 nitrogen and oxygen atoms in total. The third-order valence-electron chi connectivity index (χ3n) is 3.59. The molecule has 0 radical (unpaired) electrons. The quantitative estimate of drug-likeness (QED) is 0.694. The van der Waals surface area contributed by atoms with Gasteiger partial charge < -0.3 is 14.2 Å². The van der Waals surface area contributed by atoms with Crippen LogP contribution in [0.4, 0.5) is 0 Å². The van der Waals surface area contributed by atoms with Crippen molar-refractivity contribution in [1.29, 1.82) is 0 Å². The van der Waals surface area contributed by atoms with Crippen LogP contribution in [0.2, 0.25) is 0 Å². The highest BCUT2D eigenvalue weighted by Crippen LogP contribution is 2.18. The summed E-state index contributed by atoms with van der Waals surface area (Å²) in [5, 5.41) is 3.25. The van der Waals surface area contributed by atoms with Crippen LogP contribution in [0.15, 0.2) is 0 Å². The maximum atomic E-state index is 12.1. The third-order valence-corrected chi connectivity index (χ3v) is 3.59. The zero-order valence-electron chi connectivity index (χ0n) is 11.8. The Morgan fingerprint density at radius 1 is 1.61 bits per heavy atom. The standard InChI is InChI=1S/C13H25NO4/c1-5-17-12(15)13(3,10(2)16-4)14-9-11-7-6-8-18-11/h10-11,14H,5-9H2,1-4H3. The van der Waals surface area contributed by atoms with Crippen molar-refractivity contribution in [2.24, 2.45) is 0 Å². The molecule has 0 aromatic rings. The molecule has 5 heteroatoms. The second-order valence-corrected chi connectivity index (χ2v) is 4.82. The summed E-state index contributed by atoms with van der Waals surface area (Å²) in [6.45, 7) is 7.29. The fraction of sp³-hybridized carbons (Fsp3) is 0.923. The van der Waals surface area contributed by atoms with E-state index in [1.807, 2.05) is 13.8 Å². The Hall–Kier alpha value is -0.650. The van der Waals surface area contributed by atoms with E-state index in [0.717, 1.165) is 19.4 Å². The summed E-state index contributed by atoms with van der Waals surface area (Å²) in [6.07, 6.45) is 2.04. The fourth-order valence-electron chi connectivity index (χ4n) is 2.03. The number of hydrogen-bond donors (Lipinski definition) is 1. The van der Waals surface area contributed by atoms with Crippen molar-refractivity contribution in [2.75, 3.05) is 26.9 Å². The SMILES string of the molecule is CCOC(=O)C(C)(NCC1CCCO1)C(C)OC. The molecule has 0 saturated carbocycles. The van der Waals surface area contributed by atoms with Crippen LogP contribution in [0, 0.1) is 0 Å². The molecular formula is C13H25NO4.